The van der Waals surface area contributed by atoms with E-state index < -0.39 is 0 Å². The van der Waals surface area contributed by atoms with Crippen molar-refractivity contribution in [2.24, 2.45) is 11.8 Å². The van der Waals surface area contributed by atoms with E-state index in [2.05, 4.69) is 27.7 Å². The van der Waals surface area contributed by atoms with Gasteiger partial charge in [-0.3, -0.25) is 0 Å². The first kappa shape index (κ1) is 15.5. The zero-order chi connectivity index (χ0) is 11.5. The molecule has 0 unspecified atom stereocenters. The van der Waals surface area contributed by atoms with Crippen LogP contribution >= 0.6 is 0 Å². The summed E-state index contributed by atoms with van der Waals surface area (Å²) in [5.74, 6) is 1.58. The van der Waals surface area contributed by atoms with Crippen molar-refractivity contribution in [3.8, 4) is 0 Å². The fourth-order valence-corrected chi connectivity index (χ4v) is 1.92. The van der Waals surface area contributed by atoms with E-state index in [0.717, 1.165) is 25.0 Å². The molecule has 0 heterocycles. The van der Waals surface area contributed by atoms with Crippen LogP contribution in [-0.2, 0) is 7.58 Å². The molecule has 0 N–H and O–H groups in total. The van der Waals surface area contributed by atoms with Crippen LogP contribution in [0.5, 0.6) is 0 Å². The van der Waals surface area contributed by atoms with Crippen LogP contribution in [0.15, 0.2) is 0 Å². The summed E-state index contributed by atoms with van der Waals surface area (Å²) in [6.45, 7) is 10.7. The summed E-state index contributed by atoms with van der Waals surface area (Å²) < 4.78 is 10.9. The Kier molecular flexibility index (Phi) is 11.3. The van der Waals surface area contributed by atoms with Gasteiger partial charge in [-0.05, 0) is 0 Å². The van der Waals surface area contributed by atoms with E-state index in [1.165, 1.54) is 25.7 Å². The fraction of sp³-hybridized carbons (Fsp3) is 1.00. The second-order valence-corrected chi connectivity index (χ2v) is 5.77. The maximum absolute atomic E-state index is 5.45. The van der Waals surface area contributed by atoms with Gasteiger partial charge in [-0.1, -0.05) is 0 Å². The molecular formula is C12H26AlO2+. The Hall–Kier alpha value is 0.452. The zero-order valence-electron chi connectivity index (χ0n) is 10.8. The molecular weight excluding hydrogens is 203 g/mol. The van der Waals surface area contributed by atoms with Crippen molar-refractivity contribution in [2.75, 3.05) is 13.2 Å². The topological polar surface area (TPSA) is 18.5 Å². The first-order chi connectivity index (χ1) is 7.13. The van der Waals surface area contributed by atoms with Crippen LogP contribution in [0.2, 0.25) is 0 Å². The van der Waals surface area contributed by atoms with E-state index >= 15 is 0 Å². The molecule has 0 aromatic carbocycles. The van der Waals surface area contributed by atoms with Crippen LogP contribution in [0.1, 0.15) is 53.4 Å². The van der Waals surface area contributed by atoms with Crippen LogP contribution < -0.4 is 0 Å². The van der Waals surface area contributed by atoms with Crippen LogP contribution in [-0.4, -0.2) is 29.1 Å². The van der Waals surface area contributed by atoms with Crippen molar-refractivity contribution in [2.45, 2.75) is 53.4 Å². The Balaban J connectivity index is 2.93. The molecule has 15 heavy (non-hydrogen) atoms. The third-order valence-corrected chi connectivity index (χ3v) is 2.97. The molecule has 0 bridgehead atoms. The molecule has 0 aliphatic carbocycles. The van der Waals surface area contributed by atoms with Gasteiger partial charge in [0.05, 0.1) is 0 Å². The summed E-state index contributed by atoms with van der Waals surface area (Å²) in [6, 6.07) is 0. The maximum atomic E-state index is 5.45. The number of hydrogen-bond donors (Lipinski definition) is 0. The van der Waals surface area contributed by atoms with E-state index in [0.29, 0.717) is 0 Å². The Morgan fingerprint density at radius 2 is 1.20 bits per heavy atom. The summed E-state index contributed by atoms with van der Waals surface area (Å²) in [5.41, 5.74) is 0. The molecule has 2 nitrogen and oxygen atoms in total. The molecule has 0 saturated carbocycles. The first-order valence-corrected chi connectivity index (χ1v) is 7.12. The van der Waals surface area contributed by atoms with Crippen LogP contribution in [0.25, 0.3) is 0 Å². The number of hydrogen-bond acceptors (Lipinski definition) is 2. The number of rotatable bonds is 10. The second kappa shape index (κ2) is 11.0. The van der Waals surface area contributed by atoms with E-state index in [1.54, 1.807) is 0 Å². The molecule has 3 heteroatoms. The molecule has 0 saturated heterocycles. The van der Waals surface area contributed by atoms with Crippen molar-refractivity contribution >= 4 is 15.9 Å². The predicted octanol–water partition coefficient (Wildman–Crippen LogP) is 3.43. The van der Waals surface area contributed by atoms with Gasteiger partial charge in [0.2, 0.25) is 0 Å². The Morgan fingerprint density at radius 3 is 1.53 bits per heavy atom. The molecule has 0 aromatic heterocycles. The van der Waals surface area contributed by atoms with Gasteiger partial charge in [0.25, 0.3) is 0 Å². The van der Waals surface area contributed by atoms with Gasteiger partial charge in [0, 0.05) is 0 Å². The van der Waals surface area contributed by atoms with Gasteiger partial charge in [-0.25, -0.2) is 0 Å². The third kappa shape index (κ3) is 14.5. The molecule has 0 aromatic rings. The van der Waals surface area contributed by atoms with Crippen molar-refractivity contribution in [1.82, 2.24) is 0 Å². The quantitative estimate of drug-likeness (QED) is 0.422. The summed E-state index contributed by atoms with van der Waals surface area (Å²) in [7, 11) is 0. The van der Waals surface area contributed by atoms with Crippen molar-refractivity contribution in [3.63, 3.8) is 0 Å². The summed E-state index contributed by atoms with van der Waals surface area (Å²) in [5, 5.41) is 0. The van der Waals surface area contributed by atoms with Gasteiger partial charge >= 0.3 is 102 Å². The summed E-state index contributed by atoms with van der Waals surface area (Å²) in [4.78, 5) is 0. The monoisotopic (exact) mass is 229 g/mol. The SMILES string of the molecule is CC(C)CCC[O][Al+][O]CCCC(C)C. The average Bonchev–Trinajstić information content (AvgIpc) is 2.14. The third-order valence-electron chi connectivity index (χ3n) is 2.22. The van der Waals surface area contributed by atoms with Crippen molar-refractivity contribution in [3.05, 3.63) is 0 Å². The predicted molar refractivity (Wildman–Crippen MR) is 65.8 cm³/mol. The second-order valence-electron chi connectivity index (χ2n) is 4.91. The van der Waals surface area contributed by atoms with Crippen molar-refractivity contribution < 1.29 is 7.58 Å². The van der Waals surface area contributed by atoms with Gasteiger partial charge in [0.15, 0.2) is 0 Å². The minimum atomic E-state index is -0.220. The molecule has 0 aliphatic rings. The van der Waals surface area contributed by atoms with E-state index in [1.807, 2.05) is 0 Å². The first-order valence-electron chi connectivity index (χ1n) is 6.17. The van der Waals surface area contributed by atoms with Gasteiger partial charge < -0.3 is 0 Å². The molecule has 0 fully saturated rings. The van der Waals surface area contributed by atoms with Crippen LogP contribution in [0.3, 0.4) is 0 Å². The normalized spacial score (nSPS) is 11.1. The Bertz CT molecular complexity index is 113. The summed E-state index contributed by atoms with van der Waals surface area (Å²) in [6.07, 6.45) is 4.85. The molecule has 0 radical (unpaired) electrons. The Labute approximate surface area is 102 Å². The van der Waals surface area contributed by atoms with Gasteiger partial charge in [-0.2, -0.15) is 0 Å². The van der Waals surface area contributed by atoms with Crippen LogP contribution in [0, 0.1) is 11.8 Å². The molecule has 0 amide bonds. The fourth-order valence-electron chi connectivity index (χ4n) is 1.29. The summed E-state index contributed by atoms with van der Waals surface area (Å²) >= 11 is -0.220. The Morgan fingerprint density at radius 1 is 0.800 bits per heavy atom. The average molecular weight is 229 g/mol. The van der Waals surface area contributed by atoms with Crippen LogP contribution in [0.4, 0.5) is 0 Å². The van der Waals surface area contributed by atoms with E-state index in [4.69, 9.17) is 7.58 Å². The molecule has 88 valence electrons. The minimum absolute atomic E-state index is 0.220. The van der Waals surface area contributed by atoms with Crippen molar-refractivity contribution in [1.29, 1.82) is 0 Å². The molecule has 0 aliphatic heterocycles. The van der Waals surface area contributed by atoms with Gasteiger partial charge in [0.1, 0.15) is 0 Å². The zero-order valence-corrected chi connectivity index (χ0v) is 11.9. The van der Waals surface area contributed by atoms with Gasteiger partial charge in [-0.15, -0.1) is 0 Å². The van der Waals surface area contributed by atoms with E-state index in [9.17, 15) is 0 Å². The standard InChI is InChI=1S/2C6H13O.Al/c2*1-6(2)4-3-5-7;/h2*6H,3-5H2,1-2H3;/q2*-1;+3. The molecule has 0 rings (SSSR count). The molecule has 0 atom stereocenters. The molecule has 0 spiro atoms. The van der Waals surface area contributed by atoms with E-state index in [-0.39, 0.29) is 15.9 Å².